The van der Waals surface area contributed by atoms with E-state index in [1.165, 1.54) is 11.3 Å². The average Bonchev–Trinajstić information content (AvgIpc) is 2.70. The molecule has 0 aromatic carbocycles. The van der Waals surface area contributed by atoms with Crippen LogP contribution in [0.3, 0.4) is 0 Å². The fourth-order valence-electron chi connectivity index (χ4n) is 2.63. The first-order chi connectivity index (χ1) is 9.45. The van der Waals surface area contributed by atoms with Crippen LogP contribution in [0.2, 0.25) is 0 Å². The Kier molecular flexibility index (Phi) is 6.00. The highest BCUT2D eigenvalue weighted by molar-refractivity contribution is 7.89. The summed E-state index contributed by atoms with van der Waals surface area (Å²) in [6.45, 7) is 13.8. The fraction of sp³-hybridized carbons (Fsp3) is 0.733. The van der Waals surface area contributed by atoms with Crippen LogP contribution >= 0.6 is 11.3 Å². The predicted molar refractivity (Wildman–Crippen MR) is 90.2 cm³/mol. The van der Waals surface area contributed by atoms with Gasteiger partial charge in [0.2, 0.25) is 10.0 Å². The minimum absolute atomic E-state index is 0.0663. The van der Waals surface area contributed by atoms with E-state index in [-0.39, 0.29) is 5.41 Å². The first-order valence-electron chi connectivity index (χ1n) is 7.27. The molecule has 0 amide bonds. The molecule has 21 heavy (non-hydrogen) atoms. The summed E-state index contributed by atoms with van der Waals surface area (Å²) in [5, 5.41) is 4.91. The van der Waals surface area contributed by atoms with E-state index >= 15 is 0 Å². The van der Waals surface area contributed by atoms with E-state index in [2.05, 4.69) is 30.8 Å². The van der Waals surface area contributed by atoms with E-state index in [1.807, 2.05) is 20.8 Å². The molecule has 1 rings (SSSR count). The summed E-state index contributed by atoms with van der Waals surface area (Å²) in [4.78, 5) is 1.40. The van der Waals surface area contributed by atoms with Crippen molar-refractivity contribution in [2.75, 3.05) is 6.54 Å². The molecule has 0 radical (unpaired) electrons. The van der Waals surface area contributed by atoms with E-state index in [1.54, 1.807) is 11.4 Å². The molecule has 0 spiro atoms. The summed E-state index contributed by atoms with van der Waals surface area (Å²) in [5.41, 5.74) is -0.405. The molecule has 0 saturated heterocycles. The number of nitrogens with one attached hydrogen (secondary N) is 2. The topological polar surface area (TPSA) is 58.2 Å². The van der Waals surface area contributed by atoms with Crippen molar-refractivity contribution >= 4 is 21.4 Å². The minimum atomic E-state index is -3.46. The van der Waals surface area contributed by atoms with E-state index < -0.39 is 15.6 Å². The van der Waals surface area contributed by atoms with Crippen LogP contribution in [0.25, 0.3) is 0 Å². The molecule has 4 nitrogen and oxygen atoms in total. The zero-order chi connectivity index (χ0) is 16.3. The molecule has 6 heteroatoms. The third-order valence-corrected chi connectivity index (χ3v) is 5.64. The van der Waals surface area contributed by atoms with Crippen molar-refractivity contribution in [3.63, 3.8) is 0 Å². The van der Waals surface area contributed by atoms with Gasteiger partial charge in [-0.2, -0.15) is 0 Å². The largest absolute Gasteiger partial charge is 0.312 e. The Hall–Kier alpha value is -0.430. The molecule has 0 aliphatic rings. The molecule has 0 bridgehead atoms. The fourth-order valence-corrected chi connectivity index (χ4v) is 5.28. The summed E-state index contributed by atoms with van der Waals surface area (Å²) < 4.78 is 27.8. The minimum Gasteiger partial charge on any atom is -0.312 e. The number of sulfonamides is 1. The van der Waals surface area contributed by atoms with Gasteiger partial charge in [-0.05, 0) is 38.3 Å². The molecule has 1 aromatic rings. The Labute approximate surface area is 133 Å². The van der Waals surface area contributed by atoms with Crippen LogP contribution in [-0.2, 0) is 16.6 Å². The highest BCUT2D eigenvalue weighted by Crippen LogP contribution is 2.29. The third-order valence-electron chi connectivity index (χ3n) is 2.87. The van der Waals surface area contributed by atoms with Gasteiger partial charge in [0.1, 0.15) is 0 Å². The molecule has 0 atom stereocenters. The second kappa shape index (κ2) is 6.77. The lowest BCUT2D eigenvalue weighted by atomic mass is 9.82. The second-order valence-corrected chi connectivity index (χ2v) is 9.93. The van der Waals surface area contributed by atoms with Crippen molar-refractivity contribution in [1.82, 2.24) is 10.0 Å². The van der Waals surface area contributed by atoms with Crippen molar-refractivity contribution in [3.8, 4) is 0 Å². The molecule has 0 unspecified atom stereocenters. The van der Waals surface area contributed by atoms with Crippen LogP contribution in [0.1, 0.15) is 52.8 Å². The Bertz CT molecular complexity index is 554. The maximum Gasteiger partial charge on any atom is 0.241 e. The lowest BCUT2D eigenvalue weighted by molar-refractivity contribution is 0.269. The van der Waals surface area contributed by atoms with E-state index in [9.17, 15) is 8.42 Å². The van der Waals surface area contributed by atoms with E-state index in [0.29, 0.717) is 11.4 Å². The van der Waals surface area contributed by atoms with Crippen LogP contribution in [0.4, 0.5) is 0 Å². The van der Waals surface area contributed by atoms with Gasteiger partial charge in [0.05, 0.1) is 4.90 Å². The normalized spacial score (nSPS) is 13.6. The molecule has 0 aliphatic carbocycles. The van der Waals surface area contributed by atoms with E-state index in [4.69, 9.17) is 0 Å². The monoisotopic (exact) mass is 332 g/mol. The standard InChI is InChI=1S/C15H28N2O2S2/c1-7-16-9-12-8-13(10-20-12)21(18,19)17-15(5,6)11-14(2,3)4/h8,10,16-17H,7,9,11H2,1-6H3. The van der Waals surface area contributed by atoms with Crippen molar-refractivity contribution in [2.45, 2.75) is 64.9 Å². The van der Waals surface area contributed by atoms with Gasteiger partial charge < -0.3 is 5.32 Å². The highest BCUT2D eigenvalue weighted by atomic mass is 32.2. The smallest absolute Gasteiger partial charge is 0.241 e. The van der Waals surface area contributed by atoms with Crippen LogP contribution in [0.15, 0.2) is 16.3 Å². The van der Waals surface area contributed by atoms with Crippen molar-refractivity contribution in [1.29, 1.82) is 0 Å². The van der Waals surface area contributed by atoms with Gasteiger partial charge in [0.15, 0.2) is 0 Å². The lowest BCUT2D eigenvalue weighted by Crippen LogP contribution is -2.45. The third kappa shape index (κ3) is 6.46. The first kappa shape index (κ1) is 18.6. The molecule has 2 N–H and O–H groups in total. The number of thiophene rings is 1. The lowest BCUT2D eigenvalue weighted by Gasteiger charge is -2.32. The van der Waals surface area contributed by atoms with Crippen LogP contribution in [0, 0.1) is 5.41 Å². The first-order valence-corrected chi connectivity index (χ1v) is 9.64. The SMILES string of the molecule is CCNCc1cc(S(=O)(=O)NC(C)(C)CC(C)(C)C)cs1. The maximum absolute atomic E-state index is 12.5. The Morgan fingerprint density at radius 3 is 2.33 bits per heavy atom. The summed E-state index contributed by atoms with van der Waals surface area (Å²) in [6, 6.07) is 1.75. The summed E-state index contributed by atoms with van der Waals surface area (Å²) in [7, 11) is -3.46. The second-order valence-electron chi connectivity index (χ2n) is 7.26. The zero-order valence-corrected chi connectivity index (χ0v) is 15.5. The number of hydrogen-bond donors (Lipinski definition) is 2. The molecule has 1 heterocycles. The molecule has 1 aromatic heterocycles. The predicted octanol–water partition coefficient (Wildman–Crippen LogP) is 3.35. The van der Waals surface area contributed by atoms with Gasteiger partial charge in [-0.15, -0.1) is 11.3 Å². The quantitative estimate of drug-likeness (QED) is 0.805. The van der Waals surface area contributed by atoms with Crippen LogP contribution in [0.5, 0.6) is 0 Å². The van der Waals surface area contributed by atoms with Gasteiger partial charge in [0.25, 0.3) is 0 Å². The zero-order valence-electron chi connectivity index (χ0n) is 13.9. The van der Waals surface area contributed by atoms with Gasteiger partial charge in [-0.25, -0.2) is 13.1 Å². The van der Waals surface area contributed by atoms with Crippen LogP contribution in [-0.4, -0.2) is 20.5 Å². The molecule has 0 aliphatic heterocycles. The maximum atomic E-state index is 12.5. The van der Waals surface area contributed by atoms with E-state index in [0.717, 1.165) is 17.8 Å². The van der Waals surface area contributed by atoms with Crippen molar-refractivity contribution in [2.24, 2.45) is 5.41 Å². The van der Waals surface area contributed by atoms with Gasteiger partial charge in [0, 0.05) is 22.3 Å². The molecular formula is C15H28N2O2S2. The highest BCUT2D eigenvalue weighted by Gasteiger charge is 2.30. The Balaban J connectivity index is 2.83. The molecule has 122 valence electrons. The Morgan fingerprint density at radius 1 is 1.19 bits per heavy atom. The Morgan fingerprint density at radius 2 is 1.81 bits per heavy atom. The van der Waals surface area contributed by atoms with Crippen molar-refractivity contribution in [3.05, 3.63) is 16.3 Å². The van der Waals surface area contributed by atoms with Gasteiger partial charge in [-0.3, -0.25) is 0 Å². The van der Waals surface area contributed by atoms with Crippen molar-refractivity contribution < 1.29 is 8.42 Å². The van der Waals surface area contributed by atoms with Gasteiger partial charge >= 0.3 is 0 Å². The number of hydrogen-bond acceptors (Lipinski definition) is 4. The molecular weight excluding hydrogens is 304 g/mol. The molecule has 0 fully saturated rings. The summed E-state index contributed by atoms with van der Waals surface area (Å²) >= 11 is 1.47. The van der Waals surface area contributed by atoms with Gasteiger partial charge in [-0.1, -0.05) is 27.7 Å². The van der Waals surface area contributed by atoms with Crippen LogP contribution < -0.4 is 10.0 Å². The molecule has 0 saturated carbocycles. The average molecular weight is 333 g/mol. The summed E-state index contributed by atoms with van der Waals surface area (Å²) in [6.07, 6.45) is 0.771. The number of rotatable bonds is 7. The summed E-state index contributed by atoms with van der Waals surface area (Å²) in [5.74, 6) is 0.